The average Bonchev–Trinajstić information content (AvgIpc) is 3.61. The number of anilines is 1. The summed E-state index contributed by atoms with van der Waals surface area (Å²) in [7, 11) is -3.75. The minimum atomic E-state index is -3.75. The fourth-order valence-electron chi connectivity index (χ4n) is 4.36. The van der Waals surface area contributed by atoms with E-state index in [1.54, 1.807) is 12.1 Å². The number of aryl methyl sites for hydroxylation is 1. The van der Waals surface area contributed by atoms with Crippen LogP contribution >= 0.6 is 0 Å². The smallest absolute Gasteiger partial charge is 0.238 e. The first-order valence-electron chi connectivity index (χ1n) is 12.8. The second-order valence-corrected chi connectivity index (χ2v) is 11.1. The van der Waals surface area contributed by atoms with E-state index in [2.05, 4.69) is 5.32 Å². The molecule has 0 atom stereocenters. The van der Waals surface area contributed by atoms with Gasteiger partial charge in [-0.2, -0.15) is 0 Å². The molecule has 0 radical (unpaired) electrons. The molecule has 1 saturated carbocycles. The maximum Gasteiger partial charge on any atom is 0.238 e. The molecule has 212 valence electrons. The van der Waals surface area contributed by atoms with Crippen molar-refractivity contribution in [1.29, 1.82) is 0 Å². The summed E-state index contributed by atoms with van der Waals surface area (Å²) in [5.41, 5.74) is 3.77. The molecule has 2 aliphatic rings. The van der Waals surface area contributed by atoms with Gasteiger partial charge in [0.05, 0.1) is 23.5 Å². The van der Waals surface area contributed by atoms with Crippen LogP contribution in [0.3, 0.4) is 0 Å². The van der Waals surface area contributed by atoms with Crippen molar-refractivity contribution in [2.45, 2.75) is 43.4 Å². The van der Waals surface area contributed by atoms with E-state index in [-0.39, 0.29) is 27.1 Å². The normalized spacial score (nSPS) is 14.8. The minimum absolute atomic E-state index is 0. The quantitative estimate of drug-likeness (QED) is 0.326. The SMILES string of the molecule is CCCOCCO.Cc1ccc(NC(=O)C2(c3ccc4c(c3)OCO4)CC2)cc1-c1ccc(S(N)(=O)=O)cc1.[HH].[HH]. The van der Waals surface area contributed by atoms with Gasteiger partial charge in [-0.15, -0.1) is 0 Å². The molecule has 1 fully saturated rings. The number of sulfonamides is 1. The Morgan fingerprint density at radius 3 is 2.41 bits per heavy atom. The zero-order valence-corrected chi connectivity index (χ0v) is 22.9. The highest BCUT2D eigenvalue weighted by atomic mass is 32.2. The summed E-state index contributed by atoms with van der Waals surface area (Å²) in [6.45, 7) is 5.58. The predicted octanol–water partition coefficient (Wildman–Crippen LogP) is 4.61. The molecule has 39 heavy (non-hydrogen) atoms. The number of benzene rings is 3. The number of aliphatic hydroxyl groups excluding tert-OH is 1. The largest absolute Gasteiger partial charge is 0.454 e. The topological polar surface area (TPSA) is 137 Å². The van der Waals surface area contributed by atoms with Gasteiger partial charge in [0.25, 0.3) is 0 Å². The van der Waals surface area contributed by atoms with E-state index >= 15 is 0 Å². The summed E-state index contributed by atoms with van der Waals surface area (Å²) in [4.78, 5) is 13.3. The van der Waals surface area contributed by atoms with Crippen molar-refractivity contribution in [3.63, 3.8) is 0 Å². The molecule has 0 saturated heterocycles. The molecule has 0 aromatic heterocycles. The summed E-state index contributed by atoms with van der Waals surface area (Å²) in [5.74, 6) is 1.31. The molecule has 3 aromatic carbocycles. The van der Waals surface area contributed by atoms with Crippen LogP contribution in [0, 0.1) is 6.92 Å². The van der Waals surface area contributed by atoms with Crippen LogP contribution in [-0.4, -0.2) is 46.0 Å². The summed E-state index contributed by atoms with van der Waals surface area (Å²) < 4.78 is 38.8. The van der Waals surface area contributed by atoms with Gasteiger partial charge in [0.15, 0.2) is 11.5 Å². The third kappa shape index (κ3) is 6.77. The second-order valence-electron chi connectivity index (χ2n) is 9.54. The van der Waals surface area contributed by atoms with Gasteiger partial charge in [0.2, 0.25) is 22.7 Å². The van der Waals surface area contributed by atoms with E-state index in [1.807, 2.05) is 50.2 Å². The molecule has 9 nitrogen and oxygen atoms in total. The minimum Gasteiger partial charge on any atom is -0.454 e. The van der Waals surface area contributed by atoms with Crippen LogP contribution in [0.4, 0.5) is 5.69 Å². The van der Waals surface area contributed by atoms with E-state index in [0.29, 0.717) is 23.8 Å². The molecule has 0 unspecified atom stereocenters. The van der Waals surface area contributed by atoms with Crippen LogP contribution in [0.1, 0.15) is 40.2 Å². The Kier molecular flexibility index (Phi) is 8.91. The van der Waals surface area contributed by atoms with E-state index in [1.165, 1.54) is 12.1 Å². The first kappa shape index (κ1) is 28.6. The fourth-order valence-corrected chi connectivity index (χ4v) is 4.88. The van der Waals surface area contributed by atoms with Crippen molar-refractivity contribution in [1.82, 2.24) is 0 Å². The zero-order chi connectivity index (χ0) is 28.0. The molecular formula is C29H38N2O7S. The average molecular weight is 559 g/mol. The van der Waals surface area contributed by atoms with Gasteiger partial charge in [-0.1, -0.05) is 31.2 Å². The van der Waals surface area contributed by atoms with Crippen molar-refractivity contribution in [2.75, 3.05) is 31.9 Å². The molecule has 1 aliphatic heterocycles. The van der Waals surface area contributed by atoms with Crippen molar-refractivity contribution in [3.8, 4) is 22.6 Å². The number of aliphatic hydroxyl groups is 1. The van der Waals surface area contributed by atoms with Gasteiger partial charge in [-0.05, 0) is 84.8 Å². The van der Waals surface area contributed by atoms with Gasteiger partial charge in [-0.25, -0.2) is 13.6 Å². The number of carbonyl (C=O) groups excluding carboxylic acids is 1. The lowest BCUT2D eigenvalue weighted by atomic mass is 9.94. The van der Waals surface area contributed by atoms with E-state index in [4.69, 9.17) is 24.5 Å². The highest BCUT2D eigenvalue weighted by molar-refractivity contribution is 7.89. The number of hydrogen-bond donors (Lipinski definition) is 3. The standard InChI is InChI=1S/C24H22N2O5S.C5H12O2.2H2/c1-15-2-6-18(13-20(15)16-3-7-19(8-4-16)32(25,28)29)26-23(27)24(10-11-24)17-5-9-21-22(12-17)31-14-30-21;1-2-4-7-5-3-6;;/h2-9,12-13H,10-11,14H2,1H3,(H,26,27)(H2,25,28,29);6H,2-5H2,1H3;2*1H. The van der Waals surface area contributed by atoms with E-state index in [9.17, 15) is 13.2 Å². The van der Waals surface area contributed by atoms with Gasteiger partial charge in [0, 0.05) is 15.1 Å². The zero-order valence-electron chi connectivity index (χ0n) is 22.1. The monoisotopic (exact) mass is 558 g/mol. The molecule has 3 aromatic rings. The van der Waals surface area contributed by atoms with Gasteiger partial charge < -0.3 is 24.6 Å². The van der Waals surface area contributed by atoms with Crippen LogP contribution in [0.25, 0.3) is 11.1 Å². The lowest BCUT2D eigenvalue weighted by molar-refractivity contribution is -0.118. The van der Waals surface area contributed by atoms with Crippen molar-refractivity contribution >= 4 is 21.6 Å². The number of nitrogens with one attached hydrogen (secondary N) is 1. The van der Waals surface area contributed by atoms with Crippen molar-refractivity contribution in [2.24, 2.45) is 5.14 Å². The second kappa shape index (κ2) is 12.2. The Morgan fingerprint density at radius 2 is 1.77 bits per heavy atom. The number of amides is 1. The molecule has 0 spiro atoms. The first-order chi connectivity index (χ1) is 18.7. The summed E-state index contributed by atoms with van der Waals surface area (Å²) >= 11 is 0. The summed E-state index contributed by atoms with van der Waals surface area (Å²) in [6, 6.07) is 17.7. The van der Waals surface area contributed by atoms with Crippen LogP contribution in [0.2, 0.25) is 0 Å². The lowest BCUT2D eigenvalue weighted by Gasteiger charge is -2.17. The van der Waals surface area contributed by atoms with E-state index < -0.39 is 15.4 Å². The van der Waals surface area contributed by atoms with Crippen LogP contribution < -0.4 is 19.9 Å². The predicted molar refractivity (Wildman–Crippen MR) is 153 cm³/mol. The number of ether oxygens (including phenoxy) is 3. The van der Waals surface area contributed by atoms with Crippen LogP contribution in [-0.2, 0) is 25.0 Å². The van der Waals surface area contributed by atoms with Crippen molar-refractivity contribution < 1.29 is 35.4 Å². The van der Waals surface area contributed by atoms with Crippen molar-refractivity contribution in [3.05, 3.63) is 71.8 Å². The number of fused-ring (bicyclic) bond motifs is 1. The highest BCUT2D eigenvalue weighted by Crippen LogP contribution is 2.51. The third-order valence-corrected chi connectivity index (χ3v) is 7.61. The highest BCUT2D eigenvalue weighted by Gasteiger charge is 2.51. The fraction of sp³-hybridized carbons (Fsp3) is 0.345. The third-order valence-electron chi connectivity index (χ3n) is 6.68. The molecule has 5 rings (SSSR count). The molecule has 1 heterocycles. The first-order valence-corrected chi connectivity index (χ1v) is 14.4. The number of hydrogen-bond acceptors (Lipinski definition) is 7. The van der Waals surface area contributed by atoms with Gasteiger partial charge in [0.1, 0.15) is 0 Å². The van der Waals surface area contributed by atoms with Gasteiger partial charge >= 0.3 is 0 Å². The Labute approximate surface area is 231 Å². The molecule has 0 bridgehead atoms. The van der Waals surface area contributed by atoms with E-state index in [0.717, 1.165) is 48.1 Å². The Morgan fingerprint density at radius 1 is 1.05 bits per heavy atom. The van der Waals surface area contributed by atoms with Gasteiger partial charge in [-0.3, -0.25) is 4.79 Å². The summed E-state index contributed by atoms with van der Waals surface area (Å²) in [6.07, 6.45) is 2.57. The Bertz CT molecular complexity index is 1430. The number of primary sulfonamides is 1. The molecular weight excluding hydrogens is 520 g/mol. The maximum absolute atomic E-state index is 13.2. The number of nitrogens with two attached hydrogens (primary N) is 1. The molecule has 4 N–H and O–H groups in total. The molecule has 10 heteroatoms. The number of rotatable bonds is 9. The Balaban J connectivity index is 0.000000585. The maximum atomic E-state index is 13.2. The molecule has 1 aliphatic carbocycles. The summed E-state index contributed by atoms with van der Waals surface area (Å²) in [5, 5.41) is 16.4. The van der Waals surface area contributed by atoms with Crippen LogP contribution in [0.15, 0.2) is 65.6 Å². The van der Waals surface area contributed by atoms with Crippen LogP contribution in [0.5, 0.6) is 11.5 Å². The molecule has 1 amide bonds. The lowest BCUT2D eigenvalue weighted by Crippen LogP contribution is -2.27. The number of carbonyl (C=O) groups is 1. The Hall–Kier alpha value is -3.44.